The summed E-state index contributed by atoms with van der Waals surface area (Å²) >= 11 is 0. The zero-order valence-electron chi connectivity index (χ0n) is 8.21. The summed E-state index contributed by atoms with van der Waals surface area (Å²) in [6.45, 7) is 0. The van der Waals surface area contributed by atoms with Crippen molar-refractivity contribution < 1.29 is 4.74 Å². The summed E-state index contributed by atoms with van der Waals surface area (Å²) in [6, 6.07) is 8.99. The number of benzene rings is 1. The van der Waals surface area contributed by atoms with E-state index in [9.17, 15) is 0 Å². The molecule has 4 nitrogen and oxygen atoms in total. The predicted octanol–water partition coefficient (Wildman–Crippen LogP) is 2.08. The lowest BCUT2D eigenvalue weighted by Crippen LogP contribution is -1.85. The summed E-state index contributed by atoms with van der Waals surface area (Å²) in [5.74, 6) is 1.38. The van der Waals surface area contributed by atoms with Crippen LogP contribution in [0.3, 0.4) is 0 Å². The number of ether oxygens (including phenoxy) is 1. The Morgan fingerprint density at radius 3 is 2.53 bits per heavy atom. The van der Waals surface area contributed by atoms with Gasteiger partial charge in [0.2, 0.25) is 0 Å². The van der Waals surface area contributed by atoms with Crippen LogP contribution < -0.4 is 4.74 Å². The van der Waals surface area contributed by atoms with Crippen LogP contribution >= 0.6 is 0 Å². The Labute approximate surface area is 87.3 Å². The number of aromatic nitrogens is 2. The van der Waals surface area contributed by atoms with Gasteiger partial charge < -0.3 is 4.74 Å². The van der Waals surface area contributed by atoms with E-state index in [1.54, 1.807) is 41.3 Å². The highest BCUT2D eigenvalue weighted by molar-refractivity contribution is 5.36. The van der Waals surface area contributed by atoms with Crippen LogP contribution in [0.2, 0.25) is 0 Å². The first kappa shape index (κ1) is 9.28. The highest BCUT2D eigenvalue weighted by Gasteiger charge is 1.99. The van der Waals surface area contributed by atoms with Crippen molar-refractivity contribution in [1.29, 1.82) is 5.26 Å². The summed E-state index contributed by atoms with van der Waals surface area (Å²) in [5, 5.41) is 12.6. The fourth-order valence-corrected chi connectivity index (χ4v) is 1.19. The number of nitrogens with zero attached hydrogens (tertiary/aromatic N) is 3. The summed E-state index contributed by atoms with van der Waals surface area (Å²) in [7, 11) is 1.83. The first-order valence-corrected chi connectivity index (χ1v) is 4.44. The molecule has 0 aliphatic rings. The highest BCUT2D eigenvalue weighted by atomic mass is 16.5. The minimum absolute atomic E-state index is 0.619. The lowest BCUT2D eigenvalue weighted by molar-refractivity contribution is 0.482. The molecule has 2 aromatic rings. The van der Waals surface area contributed by atoms with Gasteiger partial charge in [0.25, 0.3) is 0 Å². The second-order valence-electron chi connectivity index (χ2n) is 3.09. The molecular weight excluding hydrogens is 190 g/mol. The van der Waals surface area contributed by atoms with Crippen molar-refractivity contribution in [3.05, 3.63) is 42.2 Å². The minimum Gasteiger partial charge on any atom is -0.454 e. The zero-order chi connectivity index (χ0) is 10.7. The molecule has 4 heteroatoms. The highest BCUT2D eigenvalue weighted by Crippen LogP contribution is 2.20. The van der Waals surface area contributed by atoms with E-state index < -0.39 is 0 Å². The largest absolute Gasteiger partial charge is 0.454 e. The van der Waals surface area contributed by atoms with Gasteiger partial charge in [0.15, 0.2) is 5.75 Å². The SMILES string of the molecule is Cn1cc(Oc2ccc(C#N)cc2)cn1. The molecule has 0 saturated carbocycles. The van der Waals surface area contributed by atoms with Crippen molar-refractivity contribution in [3.63, 3.8) is 0 Å². The molecule has 1 aromatic carbocycles. The second kappa shape index (κ2) is 3.84. The number of hydrogen-bond donors (Lipinski definition) is 0. The Balaban J connectivity index is 2.15. The van der Waals surface area contributed by atoms with Crippen molar-refractivity contribution in [2.45, 2.75) is 0 Å². The Morgan fingerprint density at radius 2 is 2.00 bits per heavy atom. The second-order valence-corrected chi connectivity index (χ2v) is 3.09. The Hall–Kier alpha value is -2.28. The maximum atomic E-state index is 8.62. The van der Waals surface area contributed by atoms with E-state index in [1.165, 1.54) is 0 Å². The van der Waals surface area contributed by atoms with Crippen molar-refractivity contribution in [1.82, 2.24) is 9.78 Å². The molecule has 0 aliphatic carbocycles. The molecule has 0 aliphatic heterocycles. The molecule has 0 amide bonds. The molecule has 0 radical (unpaired) electrons. The van der Waals surface area contributed by atoms with Gasteiger partial charge in [-0.2, -0.15) is 10.4 Å². The third-order valence-electron chi connectivity index (χ3n) is 1.90. The van der Waals surface area contributed by atoms with Gasteiger partial charge >= 0.3 is 0 Å². The average Bonchev–Trinajstić information content (AvgIpc) is 2.65. The van der Waals surface area contributed by atoms with Crippen molar-refractivity contribution in [2.24, 2.45) is 7.05 Å². The Kier molecular flexibility index (Phi) is 2.38. The topological polar surface area (TPSA) is 50.8 Å². The molecule has 0 bridgehead atoms. The molecule has 0 fully saturated rings. The molecular formula is C11H9N3O. The number of rotatable bonds is 2. The van der Waals surface area contributed by atoms with Crippen molar-refractivity contribution >= 4 is 0 Å². The van der Waals surface area contributed by atoms with Crippen LogP contribution in [-0.4, -0.2) is 9.78 Å². The van der Waals surface area contributed by atoms with Crippen LogP contribution in [0.1, 0.15) is 5.56 Å². The maximum absolute atomic E-state index is 8.62. The van der Waals surface area contributed by atoms with E-state index in [-0.39, 0.29) is 0 Å². The van der Waals surface area contributed by atoms with Crippen LogP contribution in [0, 0.1) is 11.3 Å². The minimum atomic E-state index is 0.619. The van der Waals surface area contributed by atoms with Crippen molar-refractivity contribution in [2.75, 3.05) is 0 Å². The fourth-order valence-electron chi connectivity index (χ4n) is 1.19. The van der Waals surface area contributed by atoms with Crippen LogP contribution in [-0.2, 0) is 7.05 Å². The molecule has 74 valence electrons. The zero-order valence-corrected chi connectivity index (χ0v) is 8.21. The third kappa shape index (κ3) is 2.15. The van der Waals surface area contributed by atoms with Gasteiger partial charge in [-0.25, -0.2) is 0 Å². The van der Waals surface area contributed by atoms with Gasteiger partial charge in [-0.15, -0.1) is 0 Å². The third-order valence-corrected chi connectivity index (χ3v) is 1.90. The van der Waals surface area contributed by atoms with Gasteiger partial charge in [0.05, 0.1) is 24.0 Å². The quantitative estimate of drug-likeness (QED) is 0.744. The molecule has 0 spiro atoms. The molecule has 2 rings (SSSR count). The molecule has 0 saturated heterocycles. The predicted molar refractivity (Wildman–Crippen MR) is 54.4 cm³/mol. The first-order chi connectivity index (χ1) is 7.28. The average molecular weight is 199 g/mol. The van der Waals surface area contributed by atoms with Gasteiger partial charge in [0.1, 0.15) is 5.75 Å². The van der Waals surface area contributed by atoms with Crippen LogP contribution in [0.5, 0.6) is 11.5 Å². The molecule has 0 N–H and O–H groups in total. The molecule has 15 heavy (non-hydrogen) atoms. The van der Waals surface area contributed by atoms with E-state index in [4.69, 9.17) is 10.00 Å². The number of hydrogen-bond acceptors (Lipinski definition) is 3. The van der Waals surface area contributed by atoms with E-state index in [2.05, 4.69) is 11.2 Å². The van der Waals surface area contributed by atoms with Gasteiger partial charge in [0, 0.05) is 7.05 Å². The lowest BCUT2D eigenvalue weighted by atomic mass is 10.2. The fraction of sp³-hybridized carbons (Fsp3) is 0.0909. The van der Waals surface area contributed by atoms with E-state index in [0.29, 0.717) is 17.1 Å². The first-order valence-electron chi connectivity index (χ1n) is 4.44. The van der Waals surface area contributed by atoms with Gasteiger partial charge in [-0.3, -0.25) is 4.68 Å². The Morgan fingerprint density at radius 1 is 1.27 bits per heavy atom. The normalized spacial score (nSPS) is 9.60. The molecule has 0 unspecified atom stereocenters. The molecule has 1 aromatic heterocycles. The van der Waals surface area contributed by atoms with Gasteiger partial charge in [-0.05, 0) is 24.3 Å². The van der Waals surface area contributed by atoms with Crippen molar-refractivity contribution in [3.8, 4) is 17.6 Å². The Bertz CT molecular complexity index is 493. The lowest BCUT2D eigenvalue weighted by Gasteiger charge is -2.01. The number of aryl methyl sites for hydroxylation is 1. The number of nitriles is 1. The maximum Gasteiger partial charge on any atom is 0.165 e. The summed E-state index contributed by atoms with van der Waals surface area (Å²) in [6.07, 6.45) is 3.41. The van der Waals surface area contributed by atoms with Crippen LogP contribution in [0.4, 0.5) is 0 Å². The monoisotopic (exact) mass is 199 g/mol. The molecule has 1 heterocycles. The van der Waals surface area contributed by atoms with Crippen LogP contribution in [0.25, 0.3) is 0 Å². The summed E-state index contributed by atoms with van der Waals surface area (Å²) < 4.78 is 7.17. The van der Waals surface area contributed by atoms with Gasteiger partial charge in [-0.1, -0.05) is 0 Å². The summed E-state index contributed by atoms with van der Waals surface area (Å²) in [5.41, 5.74) is 0.619. The summed E-state index contributed by atoms with van der Waals surface area (Å²) in [4.78, 5) is 0. The molecule has 0 atom stereocenters. The standard InChI is InChI=1S/C11H9N3O/c1-14-8-11(7-13-14)15-10-4-2-9(6-12)3-5-10/h2-5,7-8H,1H3. The van der Waals surface area contributed by atoms with E-state index in [1.807, 2.05) is 7.05 Å². The van der Waals surface area contributed by atoms with E-state index >= 15 is 0 Å². The van der Waals surface area contributed by atoms with Crippen LogP contribution in [0.15, 0.2) is 36.7 Å². The smallest absolute Gasteiger partial charge is 0.165 e. The van der Waals surface area contributed by atoms with E-state index in [0.717, 1.165) is 0 Å².